The molecule has 100 valence electrons. The van der Waals surface area contributed by atoms with Gasteiger partial charge >= 0.3 is 0 Å². The molecule has 4 nitrogen and oxygen atoms in total. The van der Waals surface area contributed by atoms with Crippen molar-refractivity contribution in [2.24, 2.45) is 0 Å². The number of hydrogen-bond acceptors (Lipinski definition) is 4. The summed E-state index contributed by atoms with van der Waals surface area (Å²) in [5.41, 5.74) is 1.46. The van der Waals surface area contributed by atoms with Crippen molar-refractivity contribution in [3.05, 3.63) is 36.3 Å². The first-order valence-corrected chi connectivity index (χ1v) is 6.30. The van der Waals surface area contributed by atoms with Gasteiger partial charge in [0.25, 0.3) is 0 Å². The van der Waals surface area contributed by atoms with Gasteiger partial charge in [-0.15, -0.1) is 0 Å². The molecular weight excluding hydrogens is 247 g/mol. The molecule has 0 radical (unpaired) electrons. The van der Waals surface area contributed by atoms with Gasteiger partial charge in [-0.25, -0.2) is 4.39 Å². The summed E-state index contributed by atoms with van der Waals surface area (Å²) in [6.45, 7) is 1.04. The monoisotopic (exact) mass is 262 g/mol. The Balaban J connectivity index is 2.00. The lowest BCUT2D eigenvalue weighted by atomic mass is 10.0. The highest BCUT2D eigenvalue weighted by Gasteiger charge is 2.30. The van der Waals surface area contributed by atoms with Gasteiger partial charge < -0.3 is 15.1 Å². The second-order valence-electron chi connectivity index (χ2n) is 4.94. The maximum Gasteiger partial charge on any atom is 0.165 e. The van der Waals surface area contributed by atoms with Crippen molar-refractivity contribution in [3.63, 3.8) is 0 Å². The molecule has 1 saturated heterocycles. The van der Waals surface area contributed by atoms with Gasteiger partial charge in [0, 0.05) is 37.5 Å². The van der Waals surface area contributed by atoms with Gasteiger partial charge in [0.15, 0.2) is 5.79 Å². The fourth-order valence-corrected chi connectivity index (χ4v) is 2.48. The molecule has 0 atom stereocenters. The Bertz CT molecular complexity index is 605. The van der Waals surface area contributed by atoms with E-state index in [0.717, 1.165) is 5.69 Å². The predicted octanol–water partition coefficient (Wildman–Crippen LogP) is 1.66. The number of aromatic nitrogens is 1. The van der Waals surface area contributed by atoms with Gasteiger partial charge in [-0.05, 0) is 24.3 Å². The molecule has 2 aromatic rings. The van der Waals surface area contributed by atoms with Crippen LogP contribution in [0.2, 0.25) is 0 Å². The topological polar surface area (TPSA) is 56.6 Å². The van der Waals surface area contributed by atoms with Crippen LogP contribution in [0.3, 0.4) is 0 Å². The van der Waals surface area contributed by atoms with Crippen molar-refractivity contribution in [1.82, 2.24) is 4.98 Å². The smallest absolute Gasteiger partial charge is 0.165 e. The average molecular weight is 262 g/mol. The van der Waals surface area contributed by atoms with E-state index in [2.05, 4.69) is 4.98 Å². The lowest BCUT2D eigenvalue weighted by Gasteiger charge is -2.36. The van der Waals surface area contributed by atoms with Crippen LogP contribution < -0.4 is 4.90 Å². The zero-order valence-electron chi connectivity index (χ0n) is 10.4. The van der Waals surface area contributed by atoms with Gasteiger partial charge in [0.05, 0.1) is 11.2 Å². The Morgan fingerprint density at radius 3 is 2.63 bits per heavy atom. The lowest BCUT2D eigenvalue weighted by molar-refractivity contribution is -0.172. The molecule has 0 saturated carbocycles. The van der Waals surface area contributed by atoms with Crippen LogP contribution in [0, 0.1) is 5.82 Å². The first kappa shape index (κ1) is 12.3. The number of halogens is 1. The molecule has 3 rings (SSSR count). The molecule has 2 heterocycles. The van der Waals surface area contributed by atoms with E-state index < -0.39 is 5.79 Å². The molecule has 0 spiro atoms. The summed E-state index contributed by atoms with van der Waals surface area (Å²) >= 11 is 0. The van der Waals surface area contributed by atoms with Crippen LogP contribution in [0.15, 0.2) is 30.5 Å². The second-order valence-corrected chi connectivity index (χ2v) is 4.94. The van der Waals surface area contributed by atoms with Crippen LogP contribution in [0.25, 0.3) is 10.9 Å². The summed E-state index contributed by atoms with van der Waals surface area (Å²) in [7, 11) is 0. The zero-order valence-corrected chi connectivity index (χ0v) is 10.4. The first-order chi connectivity index (χ1) is 9.07. The van der Waals surface area contributed by atoms with E-state index in [0.29, 0.717) is 24.0 Å². The van der Waals surface area contributed by atoms with E-state index in [9.17, 15) is 14.6 Å². The summed E-state index contributed by atoms with van der Waals surface area (Å²) < 4.78 is 13.7. The molecule has 0 amide bonds. The maximum atomic E-state index is 13.7. The fourth-order valence-electron chi connectivity index (χ4n) is 2.48. The van der Waals surface area contributed by atoms with Gasteiger partial charge in [-0.2, -0.15) is 0 Å². The van der Waals surface area contributed by atoms with Crippen molar-refractivity contribution in [2.45, 2.75) is 18.6 Å². The molecule has 5 heteroatoms. The highest BCUT2D eigenvalue weighted by atomic mass is 19.1. The summed E-state index contributed by atoms with van der Waals surface area (Å²) in [5, 5.41) is 19.6. The van der Waals surface area contributed by atoms with Crippen LogP contribution in [0.4, 0.5) is 10.1 Å². The fraction of sp³-hybridized carbons (Fsp3) is 0.357. The van der Waals surface area contributed by atoms with Crippen molar-refractivity contribution in [1.29, 1.82) is 0 Å². The predicted molar refractivity (Wildman–Crippen MR) is 70.3 cm³/mol. The number of hydrogen-bond donors (Lipinski definition) is 2. The van der Waals surface area contributed by atoms with Gasteiger partial charge in [-0.1, -0.05) is 0 Å². The molecule has 2 N–H and O–H groups in total. The molecular formula is C14H15FN2O2. The van der Waals surface area contributed by atoms with Gasteiger partial charge in [0.1, 0.15) is 5.82 Å². The van der Waals surface area contributed by atoms with Crippen molar-refractivity contribution >= 4 is 16.6 Å². The van der Waals surface area contributed by atoms with E-state index in [1.165, 1.54) is 6.07 Å². The standard InChI is InChI=1S/C14H15FN2O2/c15-11-3-4-12(13-10(11)2-1-7-16-13)17-8-5-14(18,19)6-9-17/h1-4,7,18-19H,5-6,8-9H2. The van der Waals surface area contributed by atoms with Crippen LogP contribution in [-0.4, -0.2) is 34.1 Å². The largest absolute Gasteiger partial charge is 0.369 e. The third-order valence-corrected chi connectivity index (χ3v) is 3.60. The van der Waals surface area contributed by atoms with E-state index in [-0.39, 0.29) is 18.7 Å². The first-order valence-electron chi connectivity index (χ1n) is 6.30. The van der Waals surface area contributed by atoms with Crippen LogP contribution in [-0.2, 0) is 0 Å². The third-order valence-electron chi connectivity index (χ3n) is 3.60. The lowest BCUT2D eigenvalue weighted by Crippen LogP contribution is -2.44. The van der Waals surface area contributed by atoms with Crippen LogP contribution >= 0.6 is 0 Å². The normalized spacial score (nSPS) is 18.8. The minimum Gasteiger partial charge on any atom is -0.369 e. The number of benzene rings is 1. The number of nitrogens with zero attached hydrogens (tertiary/aromatic N) is 2. The van der Waals surface area contributed by atoms with E-state index in [1.807, 2.05) is 4.90 Å². The average Bonchev–Trinajstić information content (AvgIpc) is 2.40. The summed E-state index contributed by atoms with van der Waals surface area (Å²) in [6, 6.07) is 6.54. The maximum absolute atomic E-state index is 13.7. The van der Waals surface area contributed by atoms with Crippen molar-refractivity contribution < 1.29 is 14.6 Å². The van der Waals surface area contributed by atoms with Gasteiger partial charge in [-0.3, -0.25) is 4.98 Å². The Labute approximate surface area is 110 Å². The van der Waals surface area contributed by atoms with Crippen LogP contribution in [0.5, 0.6) is 0 Å². The molecule has 0 aliphatic carbocycles. The molecule has 1 aliphatic heterocycles. The minimum atomic E-state index is -1.58. The Kier molecular flexibility index (Phi) is 2.88. The number of piperidine rings is 1. The highest BCUT2D eigenvalue weighted by molar-refractivity contribution is 5.91. The molecule has 0 unspecified atom stereocenters. The zero-order chi connectivity index (χ0) is 13.5. The third kappa shape index (κ3) is 2.27. The summed E-state index contributed by atoms with van der Waals surface area (Å²) in [6.07, 6.45) is 2.19. The van der Waals surface area contributed by atoms with Crippen LogP contribution in [0.1, 0.15) is 12.8 Å². The number of pyridine rings is 1. The van der Waals surface area contributed by atoms with E-state index in [1.54, 1.807) is 24.4 Å². The molecule has 1 aromatic carbocycles. The van der Waals surface area contributed by atoms with E-state index >= 15 is 0 Å². The molecule has 1 aliphatic rings. The summed E-state index contributed by atoms with van der Waals surface area (Å²) in [5.74, 6) is -1.87. The Morgan fingerprint density at radius 2 is 1.89 bits per heavy atom. The van der Waals surface area contributed by atoms with Gasteiger partial charge in [0.2, 0.25) is 0 Å². The number of rotatable bonds is 1. The minimum absolute atomic E-state index is 0.276. The number of fused-ring (bicyclic) bond motifs is 1. The second kappa shape index (κ2) is 4.43. The number of aliphatic hydroxyl groups is 2. The Hall–Kier alpha value is -1.72. The Morgan fingerprint density at radius 1 is 1.16 bits per heavy atom. The van der Waals surface area contributed by atoms with Crippen molar-refractivity contribution in [2.75, 3.05) is 18.0 Å². The van der Waals surface area contributed by atoms with E-state index in [4.69, 9.17) is 0 Å². The molecule has 0 bridgehead atoms. The quantitative estimate of drug-likeness (QED) is 0.767. The highest BCUT2D eigenvalue weighted by Crippen LogP contribution is 2.30. The molecule has 19 heavy (non-hydrogen) atoms. The molecule has 1 fully saturated rings. The molecule has 1 aromatic heterocycles. The number of anilines is 1. The van der Waals surface area contributed by atoms with Crippen molar-refractivity contribution in [3.8, 4) is 0 Å². The SMILES string of the molecule is OC1(O)CCN(c2ccc(F)c3cccnc23)CC1. The summed E-state index contributed by atoms with van der Waals surface area (Å²) in [4.78, 5) is 6.26.